The minimum absolute atomic E-state index is 0.0776. The fraction of sp³-hybridized carbons (Fsp3) is 0.167. The zero-order chi connectivity index (χ0) is 15.2. The summed E-state index contributed by atoms with van der Waals surface area (Å²) in [5.74, 6) is 5.69. The van der Waals surface area contributed by atoms with Crippen molar-refractivity contribution in [2.75, 3.05) is 18.5 Å². The second-order valence-corrected chi connectivity index (χ2v) is 4.75. The molecule has 0 atom stereocenters. The van der Waals surface area contributed by atoms with E-state index in [1.807, 2.05) is 55.5 Å². The van der Waals surface area contributed by atoms with Gasteiger partial charge in [0.2, 0.25) is 0 Å². The van der Waals surface area contributed by atoms with Gasteiger partial charge in [-0.05, 0) is 31.2 Å². The maximum absolute atomic E-state index is 12.7. The van der Waals surface area contributed by atoms with Gasteiger partial charge in [0.1, 0.15) is 0 Å². The lowest BCUT2D eigenvalue weighted by Crippen LogP contribution is -2.27. The highest BCUT2D eigenvalue weighted by Crippen LogP contribution is 2.18. The van der Waals surface area contributed by atoms with Crippen molar-refractivity contribution < 1.29 is 4.79 Å². The fourth-order valence-corrected chi connectivity index (χ4v) is 2.04. The smallest absolute Gasteiger partial charge is 0.259 e. The number of nitrogens with two attached hydrogens (primary N) is 1. The Morgan fingerprint density at radius 1 is 1.19 bits per heavy atom. The van der Waals surface area contributed by atoms with Gasteiger partial charge in [-0.3, -0.25) is 4.79 Å². The minimum Gasteiger partial charge on any atom is -0.320 e. The number of carbonyl (C=O) groups is 1. The van der Waals surface area contributed by atoms with Crippen molar-refractivity contribution in [3.05, 3.63) is 65.2 Å². The molecule has 106 valence electrons. The van der Waals surface area contributed by atoms with Crippen LogP contribution in [0.25, 0.3) is 0 Å². The van der Waals surface area contributed by atoms with Crippen molar-refractivity contribution >= 4 is 11.6 Å². The molecule has 0 saturated heterocycles. The van der Waals surface area contributed by atoms with E-state index < -0.39 is 0 Å². The summed E-state index contributed by atoms with van der Waals surface area (Å²) in [7, 11) is 1.76. The molecule has 0 aliphatic heterocycles. The number of hydrogen-bond donors (Lipinski definition) is 1. The van der Waals surface area contributed by atoms with E-state index in [0.29, 0.717) is 11.1 Å². The lowest BCUT2D eigenvalue weighted by molar-refractivity contribution is 0.0992. The third-order valence-corrected chi connectivity index (χ3v) is 3.18. The molecule has 0 aromatic heterocycles. The lowest BCUT2D eigenvalue weighted by atomic mass is 10.0. The van der Waals surface area contributed by atoms with Crippen molar-refractivity contribution in [3.63, 3.8) is 0 Å². The molecular weight excluding hydrogens is 260 g/mol. The Hall–Kier alpha value is -2.57. The van der Waals surface area contributed by atoms with Crippen LogP contribution in [0.2, 0.25) is 0 Å². The molecule has 0 saturated carbocycles. The van der Waals surface area contributed by atoms with E-state index in [9.17, 15) is 4.79 Å². The number of anilines is 1. The molecule has 0 fully saturated rings. The average Bonchev–Trinajstić information content (AvgIpc) is 2.53. The topological polar surface area (TPSA) is 46.3 Å². The molecule has 2 aromatic carbocycles. The van der Waals surface area contributed by atoms with Crippen LogP contribution in [0.1, 0.15) is 21.5 Å². The number of para-hydroxylation sites is 1. The minimum atomic E-state index is -0.0776. The zero-order valence-corrected chi connectivity index (χ0v) is 12.3. The van der Waals surface area contributed by atoms with Crippen LogP contribution in [0.15, 0.2) is 48.5 Å². The molecule has 3 heteroatoms. The molecule has 0 bridgehead atoms. The number of rotatable bonds is 2. The summed E-state index contributed by atoms with van der Waals surface area (Å²) in [5.41, 5.74) is 8.60. The van der Waals surface area contributed by atoms with Crippen molar-refractivity contribution in [1.29, 1.82) is 0 Å². The van der Waals surface area contributed by atoms with E-state index >= 15 is 0 Å². The van der Waals surface area contributed by atoms with E-state index in [1.54, 1.807) is 11.9 Å². The van der Waals surface area contributed by atoms with Gasteiger partial charge in [0.25, 0.3) is 5.91 Å². The second kappa shape index (κ2) is 6.74. The maximum atomic E-state index is 12.7. The summed E-state index contributed by atoms with van der Waals surface area (Å²) in [6, 6.07) is 15.2. The lowest BCUT2D eigenvalue weighted by Gasteiger charge is -2.18. The molecular formula is C18H18N2O. The third kappa shape index (κ3) is 3.50. The van der Waals surface area contributed by atoms with Gasteiger partial charge in [0, 0.05) is 18.3 Å². The van der Waals surface area contributed by atoms with Gasteiger partial charge in [0.15, 0.2) is 0 Å². The van der Waals surface area contributed by atoms with Crippen LogP contribution in [0.5, 0.6) is 0 Å². The molecule has 0 aliphatic carbocycles. The molecule has 21 heavy (non-hydrogen) atoms. The van der Waals surface area contributed by atoms with Gasteiger partial charge in [-0.1, -0.05) is 41.7 Å². The van der Waals surface area contributed by atoms with Crippen molar-refractivity contribution in [3.8, 4) is 11.8 Å². The normalized spacial score (nSPS) is 9.67. The Morgan fingerprint density at radius 2 is 1.90 bits per heavy atom. The van der Waals surface area contributed by atoms with Crippen LogP contribution in [-0.2, 0) is 0 Å². The Kier molecular flexibility index (Phi) is 4.76. The molecule has 0 unspecified atom stereocenters. The van der Waals surface area contributed by atoms with Crippen LogP contribution >= 0.6 is 0 Å². The number of nitrogens with zero attached hydrogens (tertiary/aromatic N) is 1. The summed E-state index contributed by atoms with van der Waals surface area (Å²) < 4.78 is 0. The number of benzene rings is 2. The van der Waals surface area contributed by atoms with Crippen molar-refractivity contribution in [2.45, 2.75) is 6.92 Å². The molecule has 0 spiro atoms. The number of aryl methyl sites for hydroxylation is 1. The first-order chi connectivity index (χ1) is 10.1. The van der Waals surface area contributed by atoms with Gasteiger partial charge in [-0.25, -0.2) is 0 Å². The first-order valence-electron chi connectivity index (χ1n) is 6.76. The molecule has 0 radical (unpaired) electrons. The Morgan fingerprint density at radius 3 is 2.57 bits per heavy atom. The highest BCUT2D eigenvalue weighted by molar-refractivity contribution is 6.07. The van der Waals surface area contributed by atoms with Crippen molar-refractivity contribution in [2.24, 2.45) is 5.73 Å². The van der Waals surface area contributed by atoms with Gasteiger partial charge >= 0.3 is 0 Å². The molecule has 2 N–H and O–H groups in total. The molecule has 2 aromatic rings. The van der Waals surface area contributed by atoms with E-state index in [4.69, 9.17) is 5.73 Å². The number of hydrogen-bond acceptors (Lipinski definition) is 2. The second-order valence-electron chi connectivity index (χ2n) is 4.75. The first kappa shape index (κ1) is 14.8. The monoisotopic (exact) mass is 278 g/mol. The zero-order valence-electron chi connectivity index (χ0n) is 12.3. The van der Waals surface area contributed by atoms with Crippen LogP contribution in [0, 0.1) is 18.8 Å². The SMILES string of the molecule is Cc1ccc(C#CCN)c(C(=O)N(C)c2ccccc2)c1. The van der Waals surface area contributed by atoms with Crippen LogP contribution in [0.3, 0.4) is 0 Å². The molecule has 2 rings (SSSR count). The number of amides is 1. The summed E-state index contributed by atoms with van der Waals surface area (Å²) in [4.78, 5) is 14.3. The summed E-state index contributed by atoms with van der Waals surface area (Å²) in [5, 5.41) is 0. The van der Waals surface area contributed by atoms with Crippen LogP contribution in [0.4, 0.5) is 5.69 Å². The molecule has 1 amide bonds. The summed E-state index contributed by atoms with van der Waals surface area (Å²) in [6.45, 7) is 2.23. The molecule has 0 aliphatic rings. The van der Waals surface area contributed by atoms with Gasteiger partial charge in [0.05, 0.1) is 12.1 Å². The standard InChI is InChI=1S/C18H18N2O/c1-14-10-11-15(7-6-12-19)17(13-14)18(21)20(2)16-8-4-3-5-9-16/h3-5,8-11,13H,12,19H2,1-2H3. The first-order valence-corrected chi connectivity index (χ1v) is 6.76. The fourth-order valence-electron chi connectivity index (χ4n) is 2.04. The quantitative estimate of drug-likeness (QED) is 0.858. The summed E-state index contributed by atoms with van der Waals surface area (Å²) in [6.07, 6.45) is 0. The average molecular weight is 278 g/mol. The number of carbonyl (C=O) groups excluding carboxylic acids is 1. The van der Waals surface area contributed by atoms with Gasteiger partial charge < -0.3 is 10.6 Å². The van der Waals surface area contributed by atoms with E-state index in [0.717, 1.165) is 11.3 Å². The summed E-state index contributed by atoms with van der Waals surface area (Å²) >= 11 is 0. The van der Waals surface area contributed by atoms with E-state index in [2.05, 4.69) is 11.8 Å². The van der Waals surface area contributed by atoms with Crippen LogP contribution in [-0.4, -0.2) is 19.5 Å². The van der Waals surface area contributed by atoms with Gasteiger partial charge in [-0.2, -0.15) is 0 Å². The highest BCUT2D eigenvalue weighted by atomic mass is 16.2. The molecule has 0 heterocycles. The van der Waals surface area contributed by atoms with Gasteiger partial charge in [-0.15, -0.1) is 0 Å². The Bertz CT molecular complexity index is 696. The van der Waals surface area contributed by atoms with Crippen molar-refractivity contribution in [1.82, 2.24) is 0 Å². The largest absolute Gasteiger partial charge is 0.320 e. The molecule has 3 nitrogen and oxygen atoms in total. The highest BCUT2D eigenvalue weighted by Gasteiger charge is 2.16. The van der Waals surface area contributed by atoms with Crippen LogP contribution < -0.4 is 10.6 Å². The Labute approximate surface area is 125 Å². The van der Waals surface area contributed by atoms with E-state index in [1.165, 1.54) is 0 Å². The Balaban J connectivity index is 2.40. The predicted octanol–water partition coefficient (Wildman–Crippen LogP) is 2.58. The van der Waals surface area contributed by atoms with E-state index in [-0.39, 0.29) is 12.5 Å². The maximum Gasteiger partial charge on any atom is 0.259 e. The third-order valence-electron chi connectivity index (χ3n) is 3.18. The predicted molar refractivity (Wildman–Crippen MR) is 86.3 cm³/mol.